The molecular formula is C17H16O4. The molecule has 0 unspecified atom stereocenters. The van der Waals surface area contributed by atoms with Gasteiger partial charge in [-0.15, -0.1) is 0 Å². The number of ether oxygens (including phenoxy) is 2. The molecule has 2 aromatic carbocycles. The quantitative estimate of drug-likeness (QED) is 0.603. The van der Waals surface area contributed by atoms with E-state index in [-0.39, 0.29) is 24.8 Å². The predicted octanol–water partition coefficient (Wildman–Crippen LogP) is 3.37. The highest BCUT2D eigenvalue weighted by Crippen LogP contribution is 2.12. The molecule has 2 aromatic rings. The van der Waals surface area contributed by atoms with Crippen molar-refractivity contribution >= 4 is 11.9 Å². The second kappa shape index (κ2) is 7.85. The Morgan fingerprint density at radius 1 is 0.667 bits per heavy atom. The lowest BCUT2D eigenvalue weighted by Crippen LogP contribution is -2.11. The van der Waals surface area contributed by atoms with Gasteiger partial charge in [0.1, 0.15) is 11.5 Å². The minimum atomic E-state index is -0.353. The number of esters is 2. The van der Waals surface area contributed by atoms with Gasteiger partial charge in [-0.25, -0.2) is 0 Å². The number of carbonyl (C=O) groups is 2. The van der Waals surface area contributed by atoms with Gasteiger partial charge in [-0.3, -0.25) is 9.59 Å². The van der Waals surface area contributed by atoms with Crippen LogP contribution >= 0.6 is 0 Å². The summed E-state index contributed by atoms with van der Waals surface area (Å²) in [6, 6.07) is 17.7. The van der Waals surface area contributed by atoms with Crippen molar-refractivity contribution in [1.82, 2.24) is 0 Å². The Morgan fingerprint density at radius 3 is 1.43 bits per heavy atom. The maximum absolute atomic E-state index is 11.6. The number of para-hydroxylation sites is 2. The lowest BCUT2D eigenvalue weighted by atomic mass is 10.2. The molecule has 2 rings (SSSR count). The standard InChI is InChI=1S/C17H16O4/c18-16(20-14-8-3-1-4-9-14)12-7-13-17(19)21-15-10-5-2-6-11-15/h1-6,8-11H,7,12-13H2. The molecule has 0 radical (unpaired) electrons. The van der Waals surface area contributed by atoms with E-state index in [0.717, 1.165) is 0 Å². The molecule has 0 aliphatic heterocycles. The first-order valence-electron chi connectivity index (χ1n) is 6.75. The molecule has 0 aliphatic carbocycles. The summed E-state index contributed by atoms with van der Waals surface area (Å²) in [7, 11) is 0. The van der Waals surface area contributed by atoms with Crippen LogP contribution in [0.25, 0.3) is 0 Å². The molecule has 0 N–H and O–H groups in total. The topological polar surface area (TPSA) is 52.6 Å². The molecule has 0 amide bonds. The number of hydrogen-bond donors (Lipinski definition) is 0. The van der Waals surface area contributed by atoms with Crippen molar-refractivity contribution in [3.05, 3.63) is 60.7 Å². The fourth-order valence-corrected chi connectivity index (χ4v) is 1.72. The van der Waals surface area contributed by atoms with E-state index in [0.29, 0.717) is 17.9 Å². The molecule has 0 fully saturated rings. The first-order valence-corrected chi connectivity index (χ1v) is 6.75. The summed E-state index contributed by atoms with van der Waals surface area (Å²) in [5, 5.41) is 0. The molecule has 0 aromatic heterocycles. The Labute approximate surface area is 123 Å². The average molecular weight is 284 g/mol. The smallest absolute Gasteiger partial charge is 0.311 e. The van der Waals surface area contributed by atoms with Crippen LogP contribution in [0.4, 0.5) is 0 Å². The van der Waals surface area contributed by atoms with Crippen molar-refractivity contribution in [3.63, 3.8) is 0 Å². The lowest BCUT2D eigenvalue weighted by Gasteiger charge is -2.05. The molecule has 0 saturated heterocycles. The summed E-state index contributed by atoms with van der Waals surface area (Å²) < 4.78 is 10.2. The van der Waals surface area contributed by atoms with Gasteiger partial charge in [-0.2, -0.15) is 0 Å². The van der Waals surface area contributed by atoms with E-state index in [1.54, 1.807) is 48.5 Å². The van der Waals surface area contributed by atoms with Crippen LogP contribution in [0.5, 0.6) is 11.5 Å². The van der Waals surface area contributed by atoms with E-state index in [4.69, 9.17) is 9.47 Å². The number of rotatable bonds is 6. The Kier molecular flexibility index (Phi) is 5.52. The second-order valence-electron chi connectivity index (χ2n) is 4.43. The zero-order chi connectivity index (χ0) is 14.9. The van der Waals surface area contributed by atoms with Crippen LogP contribution in [0.3, 0.4) is 0 Å². The minimum absolute atomic E-state index is 0.179. The van der Waals surface area contributed by atoms with Crippen molar-refractivity contribution in [3.8, 4) is 11.5 Å². The zero-order valence-corrected chi connectivity index (χ0v) is 11.5. The summed E-state index contributed by atoms with van der Waals surface area (Å²) in [5.74, 6) is 0.311. The van der Waals surface area contributed by atoms with Crippen LogP contribution in [0, 0.1) is 0 Å². The molecule has 0 heterocycles. The van der Waals surface area contributed by atoms with Crippen LogP contribution < -0.4 is 9.47 Å². The SMILES string of the molecule is O=C(CCCC(=O)Oc1ccccc1)Oc1ccccc1. The van der Waals surface area contributed by atoms with Gasteiger partial charge in [-0.05, 0) is 30.7 Å². The van der Waals surface area contributed by atoms with Crippen molar-refractivity contribution in [2.45, 2.75) is 19.3 Å². The maximum Gasteiger partial charge on any atom is 0.311 e. The molecule has 0 atom stereocenters. The molecule has 0 spiro atoms. The number of carbonyl (C=O) groups excluding carboxylic acids is 2. The van der Waals surface area contributed by atoms with Gasteiger partial charge in [0.25, 0.3) is 0 Å². The Balaban J connectivity index is 1.67. The van der Waals surface area contributed by atoms with Crippen LogP contribution in [-0.2, 0) is 9.59 Å². The molecule has 4 nitrogen and oxygen atoms in total. The van der Waals surface area contributed by atoms with Gasteiger partial charge >= 0.3 is 11.9 Å². The maximum atomic E-state index is 11.6. The van der Waals surface area contributed by atoms with Crippen LogP contribution in [0.15, 0.2) is 60.7 Å². The Hall–Kier alpha value is -2.62. The highest BCUT2D eigenvalue weighted by Gasteiger charge is 2.08. The van der Waals surface area contributed by atoms with Gasteiger partial charge in [0.05, 0.1) is 0 Å². The lowest BCUT2D eigenvalue weighted by molar-refractivity contribution is -0.136. The summed E-state index contributed by atoms with van der Waals surface area (Å²) >= 11 is 0. The first kappa shape index (κ1) is 14.8. The highest BCUT2D eigenvalue weighted by molar-refractivity contribution is 5.75. The molecule has 108 valence electrons. The van der Waals surface area contributed by atoms with E-state index in [9.17, 15) is 9.59 Å². The van der Waals surface area contributed by atoms with E-state index in [2.05, 4.69) is 0 Å². The third-order valence-electron chi connectivity index (χ3n) is 2.71. The monoisotopic (exact) mass is 284 g/mol. The summed E-state index contributed by atoms with van der Waals surface area (Å²) in [5.41, 5.74) is 0. The van der Waals surface area contributed by atoms with Crippen LogP contribution in [0.1, 0.15) is 19.3 Å². The zero-order valence-electron chi connectivity index (χ0n) is 11.5. The molecule has 4 heteroatoms. The second-order valence-corrected chi connectivity index (χ2v) is 4.43. The van der Waals surface area contributed by atoms with Crippen molar-refractivity contribution in [1.29, 1.82) is 0 Å². The average Bonchev–Trinajstić information content (AvgIpc) is 2.49. The van der Waals surface area contributed by atoms with Gasteiger partial charge in [0, 0.05) is 12.8 Å². The summed E-state index contributed by atoms with van der Waals surface area (Å²) in [6.45, 7) is 0. The molecule has 0 saturated carbocycles. The fraction of sp³-hybridized carbons (Fsp3) is 0.176. The third kappa shape index (κ3) is 5.48. The van der Waals surface area contributed by atoms with Crippen LogP contribution in [-0.4, -0.2) is 11.9 Å². The Bertz CT molecular complexity index is 525. The third-order valence-corrected chi connectivity index (χ3v) is 2.71. The van der Waals surface area contributed by atoms with E-state index in [1.165, 1.54) is 0 Å². The fourth-order valence-electron chi connectivity index (χ4n) is 1.72. The van der Waals surface area contributed by atoms with Crippen molar-refractivity contribution < 1.29 is 19.1 Å². The molecule has 21 heavy (non-hydrogen) atoms. The normalized spacial score (nSPS) is 9.90. The van der Waals surface area contributed by atoms with Gasteiger partial charge in [-0.1, -0.05) is 36.4 Å². The highest BCUT2D eigenvalue weighted by atomic mass is 16.5. The largest absolute Gasteiger partial charge is 0.427 e. The molecular weight excluding hydrogens is 268 g/mol. The first-order chi connectivity index (χ1) is 10.2. The molecule has 0 bridgehead atoms. The number of benzene rings is 2. The predicted molar refractivity (Wildman–Crippen MR) is 78.0 cm³/mol. The number of hydrogen-bond acceptors (Lipinski definition) is 4. The minimum Gasteiger partial charge on any atom is -0.427 e. The van der Waals surface area contributed by atoms with Crippen molar-refractivity contribution in [2.75, 3.05) is 0 Å². The van der Waals surface area contributed by atoms with E-state index >= 15 is 0 Å². The van der Waals surface area contributed by atoms with Gasteiger partial charge in [0.15, 0.2) is 0 Å². The van der Waals surface area contributed by atoms with Crippen LogP contribution in [0.2, 0.25) is 0 Å². The van der Waals surface area contributed by atoms with Gasteiger partial charge in [0.2, 0.25) is 0 Å². The van der Waals surface area contributed by atoms with Gasteiger partial charge < -0.3 is 9.47 Å². The summed E-state index contributed by atoms with van der Waals surface area (Å²) in [6.07, 6.45) is 0.759. The van der Waals surface area contributed by atoms with Crippen molar-refractivity contribution in [2.24, 2.45) is 0 Å². The summed E-state index contributed by atoms with van der Waals surface area (Å²) in [4.78, 5) is 23.2. The van der Waals surface area contributed by atoms with E-state index < -0.39 is 0 Å². The van der Waals surface area contributed by atoms with E-state index in [1.807, 2.05) is 12.1 Å². The molecule has 0 aliphatic rings. The Morgan fingerprint density at radius 2 is 1.05 bits per heavy atom.